The summed E-state index contributed by atoms with van der Waals surface area (Å²) in [7, 11) is 0. The van der Waals surface area contributed by atoms with Crippen LogP contribution < -0.4 is 10.9 Å². The summed E-state index contributed by atoms with van der Waals surface area (Å²) in [5.74, 6) is -3.65. The Morgan fingerprint density at radius 2 is 1.53 bits per heavy atom. The van der Waals surface area contributed by atoms with Crippen molar-refractivity contribution >= 4 is 77.4 Å². The number of nitrogens with one attached hydrogen (secondary N) is 2. The lowest BCUT2D eigenvalue weighted by atomic mass is 9.81. The standard InChI is InChI=1S/C20H18Br3N3O6/c21-9-3-1-8(2-4-9)18(29)25-24-12(27)7-32-13(28)6-26-19(30)14-10-5-11(15(14)20(26)31)17(23)16(10)22/h1-4,10-11,14-17H,5-7H2,(H,24,27)(H,25,29)/t10-,11-,14-,15-,16+,17+/m1/s1. The monoisotopic (exact) mass is 633 g/mol. The van der Waals surface area contributed by atoms with Gasteiger partial charge in [-0.2, -0.15) is 0 Å². The maximum atomic E-state index is 12.8. The van der Waals surface area contributed by atoms with Crippen molar-refractivity contribution in [1.29, 1.82) is 0 Å². The minimum atomic E-state index is -0.876. The van der Waals surface area contributed by atoms with Gasteiger partial charge in [-0.05, 0) is 42.5 Å². The Morgan fingerprint density at radius 3 is 2.09 bits per heavy atom. The van der Waals surface area contributed by atoms with Crippen LogP contribution in [-0.4, -0.2) is 57.3 Å². The number of hydrazine groups is 1. The van der Waals surface area contributed by atoms with Crippen molar-refractivity contribution in [2.24, 2.45) is 23.7 Å². The van der Waals surface area contributed by atoms with Gasteiger partial charge in [-0.3, -0.25) is 39.7 Å². The van der Waals surface area contributed by atoms with Crippen molar-refractivity contribution in [3.8, 4) is 0 Å². The molecule has 0 spiro atoms. The highest BCUT2D eigenvalue weighted by Crippen LogP contribution is 2.60. The number of fused-ring (bicyclic) bond motifs is 5. The molecule has 4 amide bonds. The predicted molar refractivity (Wildman–Crippen MR) is 121 cm³/mol. The SMILES string of the molecule is O=C(COC(=O)CN1C(=O)[C@@H]2[C@H]3C[C@@H]([C@H](Br)[C@H]3Br)[C@H]2C1=O)NNC(=O)c1ccc(Br)cc1. The second kappa shape index (κ2) is 9.22. The molecule has 1 heterocycles. The van der Waals surface area contributed by atoms with Crippen LogP contribution in [0.25, 0.3) is 0 Å². The number of carbonyl (C=O) groups is 5. The van der Waals surface area contributed by atoms with Gasteiger partial charge in [-0.25, -0.2) is 0 Å². The molecule has 1 aromatic rings. The molecule has 1 aliphatic heterocycles. The molecule has 1 saturated heterocycles. The first-order valence-electron chi connectivity index (χ1n) is 9.82. The average molecular weight is 636 g/mol. The van der Waals surface area contributed by atoms with E-state index in [1.807, 2.05) is 0 Å². The van der Waals surface area contributed by atoms with Gasteiger partial charge in [0.1, 0.15) is 6.54 Å². The van der Waals surface area contributed by atoms with Gasteiger partial charge in [0, 0.05) is 19.7 Å². The number of hydrogen-bond donors (Lipinski definition) is 2. The lowest BCUT2D eigenvalue weighted by molar-refractivity contribution is -0.155. The minimum absolute atomic E-state index is 0.0481. The number of halogens is 3. The van der Waals surface area contributed by atoms with E-state index < -0.39 is 42.8 Å². The van der Waals surface area contributed by atoms with Gasteiger partial charge in [0.05, 0.1) is 11.8 Å². The van der Waals surface area contributed by atoms with E-state index in [4.69, 9.17) is 4.74 Å². The summed E-state index contributed by atoms with van der Waals surface area (Å²) in [5.41, 5.74) is 4.67. The molecule has 12 heteroatoms. The second-order valence-corrected chi connectivity index (χ2v) is 11.0. The molecule has 1 aromatic carbocycles. The number of ether oxygens (including phenoxy) is 1. The molecule has 3 fully saturated rings. The molecule has 0 unspecified atom stereocenters. The highest BCUT2D eigenvalue weighted by Gasteiger charge is 2.66. The third-order valence-corrected chi connectivity index (χ3v) is 9.89. The molecule has 2 aliphatic carbocycles. The molecule has 3 aliphatic rings. The lowest BCUT2D eigenvalue weighted by Crippen LogP contribution is -2.44. The molecule has 4 rings (SSSR count). The van der Waals surface area contributed by atoms with Crippen molar-refractivity contribution in [3.63, 3.8) is 0 Å². The Balaban J connectivity index is 1.24. The first-order chi connectivity index (χ1) is 15.2. The van der Waals surface area contributed by atoms with Crippen LogP contribution in [-0.2, 0) is 23.9 Å². The Labute approximate surface area is 208 Å². The maximum Gasteiger partial charge on any atom is 0.326 e. The topological polar surface area (TPSA) is 122 Å². The summed E-state index contributed by atoms with van der Waals surface area (Å²) in [4.78, 5) is 62.7. The highest BCUT2D eigenvalue weighted by molar-refractivity contribution is 9.12. The van der Waals surface area contributed by atoms with E-state index in [-0.39, 0.29) is 33.3 Å². The van der Waals surface area contributed by atoms with Gasteiger partial charge >= 0.3 is 5.97 Å². The van der Waals surface area contributed by atoms with Crippen molar-refractivity contribution in [1.82, 2.24) is 15.8 Å². The van der Waals surface area contributed by atoms with Gasteiger partial charge in [-0.1, -0.05) is 47.8 Å². The van der Waals surface area contributed by atoms with Crippen molar-refractivity contribution < 1.29 is 28.7 Å². The first kappa shape index (κ1) is 23.4. The molecule has 2 bridgehead atoms. The van der Waals surface area contributed by atoms with E-state index in [1.165, 1.54) is 0 Å². The van der Waals surface area contributed by atoms with E-state index in [1.54, 1.807) is 24.3 Å². The van der Waals surface area contributed by atoms with E-state index in [9.17, 15) is 24.0 Å². The quantitative estimate of drug-likeness (QED) is 0.219. The summed E-state index contributed by atoms with van der Waals surface area (Å²) < 4.78 is 5.68. The lowest BCUT2D eigenvalue weighted by Gasteiger charge is -2.28. The second-order valence-electron chi connectivity index (χ2n) is 7.94. The van der Waals surface area contributed by atoms with Crippen LogP contribution in [0.4, 0.5) is 0 Å². The molecule has 9 nitrogen and oxygen atoms in total. The van der Waals surface area contributed by atoms with Crippen LogP contribution in [0.15, 0.2) is 28.7 Å². The zero-order chi connectivity index (χ0) is 23.2. The summed E-state index contributed by atoms with van der Waals surface area (Å²) in [6, 6.07) is 6.48. The molecule has 0 aromatic heterocycles. The normalized spacial score (nSPS) is 30.3. The largest absolute Gasteiger partial charge is 0.454 e. The van der Waals surface area contributed by atoms with Gasteiger partial charge in [0.2, 0.25) is 11.8 Å². The number of amides is 4. The third-order valence-electron chi connectivity index (χ3n) is 6.15. The van der Waals surface area contributed by atoms with E-state index in [0.29, 0.717) is 5.56 Å². The Kier molecular flexibility index (Phi) is 6.73. The summed E-state index contributed by atoms with van der Waals surface area (Å²) in [6.45, 7) is -1.21. The van der Waals surface area contributed by atoms with Crippen LogP contribution >= 0.6 is 47.8 Å². The smallest absolute Gasteiger partial charge is 0.326 e. The van der Waals surface area contributed by atoms with E-state index in [0.717, 1.165) is 15.8 Å². The Hall–Kier alpha value is -1.79. The van der Waals surface area contributed by atoms with Gasteiger partial charge in [0.25, 0.3) is 11.8 Å². The van der Waals surface area contributed by atoms with Crippen LogP contribution in [0.2, 0.25) is 0 Å². The fraction of sp³-hybridized carbons (Fsp3) is 0.450. The highest BCUT2D eigenvalue weighted by atomic mass is 79.9. The number of imide groups is 1. The summed E-state index contributed by atoms with van der Waals surface area (Å²) in [5, 5.41) is 0. The summed E-state index contributed by atoms with van der Waals surface area (Å²) in [6.07, 6.45) is 0.795. The molecule has 2 N–H and O–H groups in total. The molecular weight excluding hydrogens is 618 g/mol. The van der Waals surface area contributed by atoms with Gasteiger partial charge in [0.15, 0.2) is 6.61 Å². The van der Waals surface area contributed by atoms with Crippen LogP contribution in [0, 0.1) is 23.7 Å². The maximum absolute atomic E-state index is 12.8. The van der Waals surface area contributed by atoms with Crippen LogP contribution in [0.3, 0.4) is 0 Å². The minimum Gasteiger partial charge on any atom is -0.454 e. The van der Waals surface area contributed by atoms with Crippen molar-refractivity contribution in [2.45, 2.75) is 16.1 Å². The number of alkyl halides is 2. The van der Waals surface area contributed by atoms with Crippen LogP contribution in [0.1, 0.15) is 16.8 Å². The number of benzene rings is 1. The number of nitrogens with zero attached hydrogens (tertiary/aromatic N) is 1. The first-order valence-corrected chi connectivity index (χ1v) is 12.4. The molecule has 170 valence electrons. The van der Waals surface area contributed by atoms with Gasteiger partial charge < -0.3 is 4.74 Å². The fourth-order valence-electron chi connectivity index (χ4n) is 4.72. The van der Waals surface area contributed by atoms with Gasteiger partial charge in [-0.15, -0.1) is 0 Å². The van der Waals surface area contributed by atoms with Crippen molar-refractivity contribution in [2.75, 3.05) is 13.2 Å². The number of esters is 1. The number of carbonyl (C=O) groups excluding carboxylic acids is 5. The molecule has 2 saturated carbocycles. The Morgan fingerprint density at radius 1 is 0.969 bits per heavy atom. The molecule has 6 atom stereocenters. The zero-order valence-corrected chi connectivity index (χ0v) is 21.2. The third kappa shape index (κ3) is 4.24. The Bertz CT molecular complexity index is 955. The van der Waals surface area contributed by atoms with E-state index in [2.05, 4.69) is 58.6 Å². The molecule has 32 heavy (non-hydrogen) atoms. The number of likely N-dealkylation sites (tertiary alicyclic amines) is 1. The summed E-state index contributed by atoms with van der Waals surface area (Å²) >= 11 is 10.5. The predicted octanol–water partition coefficient (Wildman–Crippen LogP) is 1.53. The number of rotatable bonds is 5. The molecular formula is C20H18Br3N3O6. The van der Waals surface area contributed by atoms with E-state index >= 15 is 0 Å². The number of hydrogen-bond acceptors (Lipinski definition) is 6. The van der Waals surface area contributed by atoms with Crippen molar-refractivity contribution in [3.05, 3.63) is 34.3 Å². The molecule has 0 radical (unpaired) electrons. The zero-order valence-electron chi connectivity index (χ0n) is 16.4. The fourth-order valence-corrected chi connectivity index (χ4v) is 6.86. The van der Waals surface area contributed by atoms with Crippen LogP contribution in [0.5, 0.6) is 0 Å². The average Bonchev–Trinajstić information content (AvgIpc) is 3.37.